The number of anilines is 2. The number of hydrogen-bond donors (Lipinski definition) is 1. The number of rotatable bonds is 3. The molecule has 0 saturated carbocycles. The number of aromatic nitrogens is 3. The van der Waals surface area contributed by atoms with Crippen LogP contribution in [0.1, 0.15) is 23.2 Å². The zero-order chi connectivity index (χ0) is 17.1. The van der Waals surface area contributed by atoms with Crippen LogP contribution < -0.4 is 5.32 Å². The van der Waals surface area contributed by atoms with E-state index in [0.717, 1.165) is 0 Å². The van der Waals surface area contributed by atoms with Gasteiger partial charge in [0.05, 0.1) is 0 Å². The number of amides is 2. The Morgan fingerprint density at radius 1 is 1.08 bits per heavy atom. The van der Waals surface area contributed by atoms with Crippen molar-refractivity contribution in [1.29, 1.82) is 0 Å². The Morgan fingerprint density at radius 3 is 2.33 bits per heavy atom. The molecule has 3 heterocycles. The fraction of sp³-hybridized carbons (Fsp3) is 0.400. The second kappa shape index (κ2) is 6.65. The molecule has 1 aliphatic rings. The standard InChI is InChI=1S/C15H18N6O3/c1-10-9-14(19-24-10)16-13-4-3-12(17-18-13)15(23)21-7-5-20(6-8-21)11(2)22/h3-4,9H,5-8H2,1-2H3,(H,16,18,19). The highest BCUT2D eigenvalue weighted by molar-refractivity contribution is 5.92. The van der Waals surface area contributed by atoms with Gasteiger partial charge in [-0.3, -0.25) is 9.59 Å². The zero-order valence-electron chi connectivity index (χ0n) is 13.5. The molecule has 2 amide bonds. The molecule has 0 unspecified atom stereocenters. The maximum Gasteiger partial charge on any atom is 0.274 e. The first-order chi connectivity index (χ1) is 11.5. The summed E-state index contributed by atoms with van der Waals surface area (Å²) in [4.78, 5) is 27.1. The van der Waals surface area contributed by atoms with Crippen molar-refractivity contribution in [3.63, 3.8) is 0 Å². The summed E-state index contributed by atoms with van der Waals surface area (Å²) in [5, 5.41) is 14.7. The third-order valence-electron chi connectivity index (χ3n) is 3.78. The molecule has 9 heteroatoms. The molecule has 0 atom stereocenters. The average Bonchev–Trinajstić information content (AvgIpc) is 3.00. The van der Waals surface area contributed by atoms with Crippen molar-refractivity contribution in [2.75, 3.05) is 31.5 Å². The molecule has 1 N–H and O–H groups in total. The van der Waals surface area contributed by atoms with Gasteiger partial charge in [-0.1, -0.05) is 5.16 Å². The summed E-state index contributed by atoms with van der Waals surface area (Å²) in [6, 6.07) is 5.01. The van der Waals surface area contributed by atoms with Gasteiger partial charge in [0, 0.05) is 39.2 Å². The lowest BCUT2D eigenvalue weighted by Gasteiger charge is -2.33. The molecule has 0 spiro atoms. The lowest BCUT2D eigenvalue weighted by atomic mass is 10.2. The highest BCUT2D eigenvalue weighted by atomic mass is 16.5. The molecule has 2 aromatic rings. The van der Waals surface area contributed by atoms with Gasteiger partial charge in [0.25, 0.3) is 5.91 Å². The molecule has 1 aliphatic heterocycles. The highest BCUT2D eigenvalue weighted by Crippen LogP contribution is 2.14. The van der Waals surface area contributed by atoms with Gasteiger partial charge in [0.15, 0.2) is 17.3 Å². The van der Waals surface area contributed by atoms with Gasteiger partial charge >= 0.3 is 0 Å². The number of aryl methyl sites for hydroxylation is 1. The number of piperazine rings is 1. The van der Waals surface area contributed by atoms with Crippen LogP contribution in [0, 0.1) is 6.92 Å². The molecule has 1 saturated heterocycles. The van der Waals surface area contributed by atoms with Gasteiger partial charge in [-0.25, -0.2) is 0 Å². The molecule has 0 bridgehead atoms. The Labute approximate surface area is 138 Å². The molecular formula is C15H18N6O3. The lowest BCUT2D eigenvalue weighted by molar-refractivity contribution is -0.130. The largest absolute Gasteiger partial charge is 0.360 e. The van der Waals surface area contributed by atoms with Crippen LogP contribution in [0.15, 0.2) is 22.7 Å². The summed E-state index contributed by atoms with van der Waals surface area (Å²) in [5.41, 5.74) is 0.271. The van der Waals surface area contributed by atoms with Crippen molar-refractivity contribution >= 4 is 23.5 Å². The maximum atomic E-state index is 12.4. The Bertz CT molecular complexity index is 734. The summed E-state index contributed by atoms with van der Waals surface area (Å²) in [5.74, 6) is 1.53. The first-order valence-corrected chi connectivity index (χ1v) is 7.62. The van der Waals surface area contributed by atoms with E-state index in [0.29, 0.717) is 43.6 Å². The first kappa shape index (κ1) is 15.9. The van der Waals surface area contributed by atoms with Crippen LogP contribution in [-0.2, 0) is 4.79 Å². The van der Waals surface area contributed by atoms with E-state index < -0.39 is 0 Å². The van der Waals surface area contributed by atoms with Crippen molar-refractivity contribution in [1.82, 2.24) is 25.2 Å². The van der Waals surface area contributed by atoms with Crippen LogP contribution in [0.5, 0.6) is 0 Å². The van der Waals surface area contributed by atoms with Crippen LogP contribution in [-0.4, -0.2) is 63.1 Å². The Morgan fingerprint density at radius 2 is 1.79 bits per heavy atom. The number of hydrogen-bond acceptors (Lipinski definition) is 7. The summed E-state index contributed by atoms with van der Waals surface area (Å²) < 4.78 is 4.95. The van der Waals surface area contributed by atoms with Crippen molar-refractivity contribution in [3.8, 4) is 0 Å². The molecule has 9 nitrogen and oxygen atoms in total. The van der Waals surface area contributed by atoms with Crippen molar-refractivity contribution in [2.45, 2.75) is 13.8 Å². The molecule has 0 aliphatic carbocycles. The van der Waals surface area contributed by atoms with E-state index in [1.165, 1.54) is 6.92 Å². The summed E-state index contributed by atoms with van der Waals surface area (Å²) >= 11 is 0. The maximum absolute atomic E-state index is 12.4. The normalized spacial score (nSPS) is 14.6. The van der Waals surface area contributed by atoms with Gasteiger partial charge in [0.2, 0.25) is 5.91 Å². The minimum atomic E-state index is -0.186. The van der Waals surface area contributed by atoms with Crippen LogP contribution in [0.3, 0.4) is 0 Å². The molecule has 1 fully saturated rings. The topological polar surface area (TPSA) is 104 Å². The predicted octanol–water partition coefficient (Wildman–Crippen LogP) is 0.821. The molecule has 0 radical (unpaired) electrons. The minimum Gasteiger partial charge on any atom is -0.360 e. The smallest absolute Gasteiger partial charge is 0.274 e. The molecule has 24 heavy (non-hydrogen) atoms. The summed E-state index contributed by atoms with van der Waals surface area (Å²) in [6.45, 7) is 5.40. The van der Waals surface area contributed by atoms with E-state index in [1.807, 2.05) is 0 Å². The van der Waals surface area contributed by atoms with E-state index >= 15 is 0 Å². The highest BCUT2D eigenvalue weighted by Gasteiger charge is 2.24. The van der Waals surface area contributed by atoms with Gasteiger partial charge in [-0.15, -0.1) is 10.2 Å². The van der Waals surface area contributed by atoms with E-state index in [-0.39, 0.29) is 17.5 Å². The number of nitrogens with zero attached hydrogens (tertiary/aromatic N) is 5. The van der Waals surface area contributed by atoms with E-state index in [9.17, 15) is 9.59 Å². The molecule has 2 aromatic heterocycles. The van der Waals surface area contributed by atoms with E-state index in [2.05, 4.69) is 20.7 Å². The fourth-order valence-corrected chi connectivity index (χ4v) is 2.46. The SMILES string of the molecule is CC(=O)N1CCN(C(=O)c2ccc(Nc3cc(C)on3)nn2)CC1. The predicted molar refractivity (Wildman–Crippen MR) is 84.7 cm³/mol. The van der Waals surface area contributed by atoms with Gasteiger partial charge in [-0.2, -0.15) is 0 Å². The fourth-order valence-electron chi connectivity index (χ4n) is 2.46. The van der Waals surface area contributed by atoms with Crippen molar-refractivity contribution < 1.29 is 14.1 Å². The Kier molecular flexibility index (Phi) is 4.41. The minimum absolute atomic E-state index is 0.0282. The number of carbonyl (C=O) groups is 2. The second-order valence-electron chi connectivity index (χ2n) is 5.55. The van der Waals surface area contributed by atoms with E-state index in [1.54, 1.807) is 34.9 Å². The van der Waals surface area contributed by atoms with E-state index in [4.69, 9.17) is 4.52 Å². The van der Waals surface area contributed by atoms with Crippen LogP contribution in [0.25, 0.3) is 0 Å². The molecular weight excluding hydrogens is 312 g/mol. The molecule has 3 rings (SSSR count). The lowest BCUT2D eigenvalue weighted by Crippen LogP contribution is -2.50. The Hall–Kier alpha value is -2.97. The quantitative estimate of drug-likeness (QED) is 0.888. The van der Waals surface area contributed by atoms with Crippen LogP contribution >= 0.6 is 0 Å². The van der Waals surface area contributed by atoms with Crippen molar-refractivity contribution in [2.24, 2.45) is 0 Å². The first-order valence-electron chi connectivity index (χ1n) is 7.62. The molecule has 126 valence electrons. The summed E-state index contributed by atoms with van der Waals surface area (Å²) in [7, 11) is 0. The van der Waals surface area contributed by atoms with Gasteiger partial charge in [-0.05, 0) is 19.1 Å². The number of nitrogens with one attached hydrogen (secondary N) is 1. The number of carbonyl (C=O) groups excluding carboxylic acids is 2. The Balaban J connectivity index is 1.61. The van der Waals surface area contributed by atoms with Gasteiger partial charge in [0.1, 0.15) is 5.76 Å². The summed E-state index contributed by atoms with van der Waals surface area (Å²) in [6.07, 6.45) is 0. The average molecular weight is 330 g/mol. The monoisotopic (exact) mass is 330 g/mol. The van der Waals surface area contributed by atoms with Crippen molar-refractivity contribution in [3.05, 3.63) is 29.7 Å². The third-order valence-corrected chi connectivity index (χ3v) is 3.78. The molecule has 0 aromatic carbocycles. The van der Waals surface area contributed by atoms with Gasteiger partial charge < -0.3 is 19.6 Å². The zero-order valence-corrected chi connectivity index (χ0v) is 13.5. The van der Waals surface area contributed by atoms with Crippen LogP contribution in [0.2, 0.25) is 0 Å². The third kappa shape index (κ3) is 3.50. The van der Waals surface area contributed by atoms with Crippen LogP contribution in [0.4, 0.5) is 11.6 Å². The second-order valence-corrected chi connectivity index (χ2v) is 5.55.